The number of nitrogens with one attached hydrogen (secondary N) is 2. The molecule has 2 amide bonds. The van der Waals surface area contributed by atoms with Gasteiger partial charge in [-0.25, -0.2) is 0 Å². The highest BCUT2D eigenvalue weighted by atomic mass is 32.2. The van der Waals surface area contributed by atoms with Crippen molar-refractivity contribution in [3.8, 4) is 11.1 Å². The summed E-state index contributed by atoms with van der Waals surface area (Å²) >= 11 is 0. The van der Waals surface area contributed by atoms with E-state index in [9.17, 15) is 22.6 Å². The lowest BCUT2D eigenvalue weighted by Crippen LogP contribution is -2.19. The molecule has 0 spiro atoms. The Morgan fingerprint density at radius 1 is 0.867 bits per heavy atom. The van der Waals surface area contributed by atoms with Gasteiger partial charge >= 0.3 is 0 Å². The Balaban J connectivity index is 1.95. The van der Waals surface area contributed by atoms with Crippen LogP contribution in [0.15, 0.2) is 71.6 Å². The summed E-state index contributed by atoms with van der Waals surface area (Å²) in [4.78, 5) is 24.0. The van der Waals surface area contributed by atoms with Gasteiger partial charge < -0.3 is 10.6 Å². The highest BCUT2D eigenvalue weighted by Gasteiger charge is 2.19. The first-order chi connectivity index (χ1) is 14.2. The minimum Gasteiger partial charge on any atom is -0.355 e. The van der Waals surface area contributed by atoms with Crippen molar-refractivity contribution in [1.29, 1.82) is 0 Å². The first-order valence-electron chi connectivity index (χ1n) is 9.01. The van der Waals surface area contributed by atoms with Crippen LogP contribution >= 0.6 is 0 Å². The van der Waals surface area contributed by atoms with Crippen molar-refractivity contribution < 1.29 is 22.6 Å². The molecule has 0 radical (unpaired) electrons. The van der Waals surface area contributed by atoms with Crippen LogP contribution in [0.3, 0.4) is 0 Å². The maximum Gasteiger partial charge on any atom is 0.295 e. The topological polar surface area (TPSA) is 113 Å². The molecule has 154 valence electrons. The summed E-state index contributed by atoms with van der Waals surface area (Å²) in [7, 11) is -3.05. The lowest BCUT2D eigenvalue weighted by molar-refractivity contribution is 0.0963. The molecule has 0 aromatic heterocycles. The van der Waals surface area contributed by atoms with Gasteiger partial charge in [-0.1, -0.05) is 42.0 Å². The van der Waals surface area contributed by atoms with Gasteiger partial charge in [-0.3, -0.25) is 14.1 Å². The number of carbonyl (C=O) groups is 2. The Kier molecular flexibility index (Phi) is 6.00. The van der Waals surface area contributed by atoms with Crippen LogP contribution in [0, 0.1) is 6.92 Å². The number of rotatable bonds is 5. The summed E-state index contributed by atoms with van der Waals surface area (Å²) in [5.41, 5.74) is 2.68. The van der Waals surface area contributed by atoms with E-state index in [1.54, 1.807) is 30.3 Å². The number of aryl methyl sites for hydroxylation is 1. The molecule has 3 rings (SSSR count). The SMILES string of the molecule is CNC(=O)c1cccc(C(=O)Nc2ccc(-c3ccc(C)cc3)c(S(=O)(=O)O)c2)c1. The first kappa shape index (κ1) is 21.2. The van der Waals surface area contributed by atoms with Crippen molar-refractivity contribution in [2.75, 3.05) is 12.4 Å². The third-order valence-corrected chi connectivity index (χ3v) is 5.39. The lowest BCUT2D eigenvalue weighted by atomic mass is 10.0. The number of amides is 2. The molecule has 7 nitrogen and oxygen atoms in total. The second-order valence-corrected chi connectivity index (χ2v) is 8.06. The van der Waals surface area contributed by atoms with Crippen LogP contribution in [0.2, 0.25) is 0 Å². The number of hydrogen-bond donors (Lipinski definition) is 3. The molecule has 0 atom stereocenters. The summed E-state index contributed by atoms with van der Waals surface area (Å²) in [6, 6.07) is 17.5. The highest BCUT2D eigenvalue weighted by Crippen LogP contribution is 2.30. The van der Waals surface area contributed by atoms with Crippen molar-refractivity contribution in [2.24, 2.45) is 0 Å². The number of benzene rings is 3. The van der Waals surface area contributed by atoms with Crippen LogP contribution < -0.4 is 10.6 Å². The fourth-order valence-electron chi connectivity index (χ4n) is 2.93. The second-order valence-electron chi connectivity index (χ2n) is 6.67. The van der Waals surface area contributed by atoms with Gasteiger partial charge in [0.25, 0.3) is 21.9 Å². The van der Waals surface area contributed by atoms with Crippen LogP contribution in [-0.2, 0) is 10.1 Å². The van der Waals surface area contributed by atoms with E-state index in [4.69, 9.17) is 0 Å². The molecule has 0 saturated carbocycles. The number of anilines is 1. The van der Waals surface area contributed by atoms with Crippen molar-refractivity contribution in [3.63, 3.8) is 0 Å². The monoisotopic (exact) mass is 424 g/mol. The number of carbonyl (C=O) groups excluding carboxylic acids is 2. The van der Waals surface area contributed by atoms with E-state index in [2.05, 4.69) is 10.6 Å². The van der Waals surface area contributed by atoms with Gasteiger partial charge in [0.2, 0.25) is 0 Å². The van der Waals surface area contributed by atoms with Crippen molar-refractivity contribution in [1.82, 2.24) is 5.32 Å². The maximum absolute atomic E-state index is 12.6. The van der Waals surface area contributed by atoms with E-state index < -0.39 is 16.0 Å². The molecule has 30 heavy (non-hydrogen) atoms. The smallest absolute Gasteiger partial charge is 0.295 e. The van der Waals surface area contributed by atoms with Gasteiger partial charge in [-0.2, -0.15) is 8.42 Å². The molecule has 0 bridgehead atoms. The Bertz CT molecular complexity index is 1220. The molecule has 0 aliphatic rings. The second kappa shape index (κ2) is 8.48. The summed E-state index contributed by atoms with van der Waals surface area (Å²) in [6.07, 6.45) is 0. The zero-order valence-corrected chi connectivity index (χ0v) is 17.2. The molecular weight excluding hydrogens is 404 g/mol. The Morgan fingerprint density at radius 3 is 2.10 bits per heavy atom. The van der Waals surface area contributed by atoms with Gasteiger partial charge in [0.05, 0.1) is 0 Å². The normalized spacial score (nSPS) is 11.0. The summed E-state index contributed by atoms with van der Waals surface area (Å²) in [6.45, 7) is 1.91. The lowest BCUT2D eigenvalue weighted by Gasteiger charge is -2.12. The Morgan fingerprint density at radius 2 is 1.50 bits per heavy atom. The third-order valence-electron chi connectivity index (χ3n) is 4.49. The van der Waals surface area contributed by atoms with Crippen molar-refractivity contribution >= 4 is 27.6 Å². The van der Waals surface area contributed by atoms with Crippen LogP contribution in [0.4, 0.5) is 5.69 Å². The van der Waals surface area contributed by atoms with Crippen molar-refractivity contribution in [3.05, 3.63) is 83.4 Å². The number of hydrogen-bond acceptors (Lipinski definition) is 4. The molecule has 0 unspecified atom stereocenters. The molecule has 3 aromatic carbocycles. The predicted octanol–water partition coefficient (Wildman–Crippen LogP) is 3.52. The van der Waals surface area contributed by atoms with Gasteiger partial charge in [0.15, 0.2) is 0 Å². The molecule has 0 fully saturated rings. The summed E-state index contributed by atoms with van der Waals surface area (Å²) in [5.74, 6) is -0.856. The largest absolute Gasteiger partial charge is 0.355 e. The van der Waals surface area contributed by atoms with E-state index in [0.29, 0.717) is 16.7 Å². The van der Waals surface area contributed by atoms with E-state index >= 15 is 0 Å². The fourth-order valence-corrected chi connectivity index (χ4v) is 3.67. The zero-order valence-electron chi connectivity index (χ0n) is 16.3. The van der Waals surface area contributed by atoms with E-state index in [-0.39, 0.29) is 22.1 Å². The minimum absolute atomic E-state index is 0.189. The molecule has 0 aliphatic heterocycles. The molecular formula is C22H20N2O5S. The maximum atomic E-state index is 12.6. The molecule has 0 saturated heterocycles. The predicted molar refractivity (Wildman–Crippen MR) is 114 cm³/mol. The fraction of sp³-hybridized carbons (Fsp3) is 0.0909. The molecule has 3 aromatic rings. The average Bonchev–Trinajstić information content (AvgIpc) is 2.73. The molecule has 3 N–H and O–H groups in total. The first-order valence-corrected chi connectivity index (χ1v) is 10.4. The van der Waals surface area contributed by atoms with Gasteiger partial charge in [-0.15, -0.1) is 0 Å². The Hall–Kier alpha value is -3.49. The van der Waals surface area contributed by atoms with Gasteiger partial charge in [0.1, 0.15) is 4.90 Å². The minimum atomic E-state index is -4.54. The van der Waals surface area contributed by atoms with E-state index in [1.165, 1.54) is 31.3 Å². The standard InChI is InChI=1S/C22H20N2O5S/c1-14-6-8-15(9-7-14)19-11-10-18(13-20(19)30(27,28)29)24-22(26)17-5-3-4-16(12-17)21(25)23-2/h3-13H,1-2H3,(H,23,25)(H,24,26)(H,27,28,29). The van der Waals surface area contributed by atoms with Crippen LogP contribution in [0.25, 0.3) is 11.1 Å². The van der Waals surface area contributed by atoms with E-state index in [1.807, 2.05) is 19.1 Å². The van der Waals surface area contributed by atoms with E-state index in [0.717, 1.165) is 5.56 Å². The van der Waals surface area contributed by atoms with Gasteiger partial charge in [0, 0.05) is 29.4 Å². The Labute approximate surface area is 174 Å². The van der Waals surface area contributed by atoms with Crippen LogP contribution in [0.1, 0.15) is 26.3 Å². The van der Waals surface area contributed by atoms with Gasteiger partial charge in [-0.05, 0) is 42.8 Å². The highest BCUT2D eigenvalue weighted by molar-refractivity contribution is 7.86. The molecule has 0 aliphatic carbocycles. The average molecular weight is 424 g/mol. The van der Waals surface area contributed by atoms with Crippen LogP contribution in [-0.4, -0.2) is 31.8 Å². The zero-order chi connectivity index (χ0) is 21.9. The quantitative estimate of drug-likeness (QED) is 0.543. The third kappa shape index (κ3) is 4.73. The molecule has 0 heterocycles. The van der Waals surface area contributed by atoms with Crippen LogP contribution in [0.5, 0.6) is 0 Å². The summed E-state index contributed by atoms with van der Waals surface area (Å²) < 4.78 is 33.6. The summed E-state index contributed by atoms with van der Waals surface area (Å²) in [5, 5.41) is 5.08. The van der Waals surface area contributed by atoms with Crippen molar-refractivity contribution in [2.45, 2.75) is 11.8 Å². The molecule has 8 heteroatoms.